The Kier molecular flexibility index (Phi) is 4.09. The van der Waals surface area contributed by atoms with Crippen molar-refractivity contribution in [1.82, 2.24) is 0 Å². The van der Waals surface area contributed by atoms with Crippen molar-refractivity contribution in [1.29, 1.82) is 10.5 Å². The number of hydrogen-bond donors (Lipinski definition) is 0. The molecule has 0 spiro atoms. The minimum atomic E-state index is -0.610. The molecule has 0 fully saturated rings. The van der Waals surface area contributed by atoms with Crippen molar-refractivity contribution >= 4 is 11.6 Å². The summed E-state index contributed by atoms with van der Waals surface area (Å²) in [5.41, 5.74) is 0.583. The molecule has 21 heavy (non-hydrogen) atoms. The molecule has 2 aromatic rings. The van der Waals surface area contributed by atoms with Gasteiger partial charge in [-0.25, -0.2) is 0 Å². The predicted octanol–water partition coefficient (Wildman–Crippen LogP) is 2.89. The molecule has 0 amide bonds. The van der Waals surface area contributed by atoms with Crippen LogP contribution in [0.15, 0.2) is 48.5 Å². The van der Waals surface area contributed by atoms with Crippen LogP contribution in [-0.4, -0.2) is 11.6 Å². The fourth-order valence-corrected chi connectivity index (χ4v) is 1.61. The lowest BCUT2D eigenvalue weighted by molar-refractivity contribution is 0.104. The molecule has 0 atom stereocenters. The highest BCUT2D eigenvalue weighted by atomic mass is 16.5. The van der Waals surface area contributed by atoms with Crippen molar-refractivity contribution < 1.29 is 14.3 Å². The Morgan fingerprint density at radius 2 is 1.05 bits per heavy atom. The maximum Gasteiger partial charge on any atom is 0.262 e. The van der Waals surface area contributed by atoms with E-state index in [4.69, 9.17) is 15.3 Å². The maximum absolute atomic E-state index is 11.2. The second-order valence-corrected chi connectivity index (χ2v) is 4.03. The van der Waals surface area contributed by atoms with Crippen molar-refractivity contribution in [3.8, 4) is 23.6 Å². The highest BCUT2D eigenvalue weighted by Gasteiger charge is 2.06. The molecule has 5 heteroatoms. The molecule has 2 aromatic carbocycles. The van der Waals surface area contributed by atoms with E-state index in [1.54, 1.807) is 24.3 Å². The number of Topliss-reactive ketones (excluding diaryl/α,β-unsaturated/α-hetero) is 2. The Hall–Kier alpha value is -3.44. The van der Waals surface area contributed by atoms with E-state index in [1.165, 1.54) is 36.4 Å². The zero-order chi connectivity index (χ0) is 15.2. The van der Waals surface area contributed by atoms with Gasteiger partial charge in [-0.2, -0.15) is 10.5 Å². The Morgan fingerprint density at radius 3 is 1.33 bits per heavy atom. The van der Waals surface area contributed by atoms with Crippen LogP contribution >= 0.6 is 0 Å². The number of nitrogens with zero attached hydrogens (tertiary/aromatic N) is 2. The topological polar surface area (TPSA) is 90.9 Å². The van der Waals surface area contributed by atoms with Gasteiger partial charge in [0, 0.05) is 11.1 Å². The van der Waals surface area contributed by atoms with Crippen LogP contribution in [0.25, 0.3) is 0 Å². The first-order valence-corrected chi connectivity index (χ1v) is 5.91. The van der Waals surface area contributed by atoms with Gasteiger partial charge in [0.25, 0.3) is 11.6 Å². The molecule has 0 radical (unpaired) electrons. The molecule has 0 aliphatic heterocycles. The van der Waals surface area contributed by atoms with Gasteiger partial charge in [-0.15, -0.1) is 0 Å². The summed E-state index contributed by atoms with van der Waals surface area (Å²) in [4.78, 5) is 22.3. The summed E-state index contributed by atoms with van der Waals surface area (Å²) in [6.45, 7) is 0. The van der Waals surface area contributed by atoms with E-state index in [9.17, 15) is 9.59 Å². The lowest BCUT2D eigenvalue weighted by atomic mass is 10.1. The van der Waals surface area contributed by atoms with Gasteiger partial charge < -0.3 is 4.74 Å². The Balaban J connectivity index is 2.12. The molecule has 0 heterocycles. The summed E-state index contributed by atoms with van der Waals surface area (Å²) in [7, 11) is 0. The highest BCUT2D eigenvalue weighted by molar-refractivity contribution is 6.07. The van der Waals surface area contributed by atoms with Crippen LogP contribution in [0.3, 0.4) is 0 Å². The van der Waals surface area contributed by atoms with Crippen molar-refractivity contribution in [2.75, 3.05) is 0 Å². The quantitative estimate of drug-likeness (QED) is 0.632. The van der Waals surface area contributed by atoms with Gasteiger partial charge in [0.2, 0.25) is 0 Å². The van der Waals surface area contributed by atoms with Gasteiger partial charge in [-0.1, -0.05) is 0 Å². The minimum Gasteiger partial charge on any atom is -0.457 e. The van der Waals surface area contributed by atoms with Crippen LogP contribution in [0, 0.1) is 22.7 Å². The summed E-state index contributed by atoms with van der Waals surface area (Å²) in [6.07, 6.45) is 0. The van der Waals surface area contributed by atoms with Crippen molar-refractivity contribution in [3.05, 3.63) is 59.7 Å². The minimum absolute atomic E-state index is 0.291. The molecular weight excluding hydrogens is 268 g/mol. The van der Waals surface area contributed by atoms with Gasteiger partial charge in [0.05, 0.1) is 0 Å². The molecule has 0 aromatic heterocycles. The second kappa shape index (κ2) is 6.14. The second-order valence-electron chi connectivity index (χ2n) is 4.03. The molecular formula is C16H8N2O3. The van der Waals surface area contributed by atoms with Crippen molar-refractivity contribution in [3.63, 3.8) is 0 Å². The average Bonchev–Trinajstić information content (AvgIpc) is 2.55. The van der Waals surface area contributed by atoms with Gasteiger partial charge in [-0.05, 0) is 48.5 Å². The van der Waals surface area contributed by atoms with E-state index in [1.807, 2.05) is 0 Å². The summed E-state index contributed by atoms with van der Waals surface area (Å²) < 4.78 is 5.53. The number of rotatable bonds is 4. The molecule has 0 N–H and O–H groups in total. The van der Waals surface area contributed by atoms with E-state index < -0.39 is 11.6 Å². The third-order valence-electron chi connectivity index (χ3n) is 2.67. The molecule has 2 rings (SSSR count). The fourth-order valence-electron chi connectivity index (χ4n) is 1.61. The molecule has 0 bridgehead atoms. The number of carbonyl (C=O) groups excluding carboxylic acids is 2. The molecule has 0 aliphatic carbocycles. The molecule has 0 saturated heterocycles. The lowest BCUT2D eigenvalue weighted by Gasteiger charge is -2.06. The van der Waals surface area contributed by atoms with Crippen LogP contribution in [0.2, 0.25) is 0 Å². The Labute approximate surface area is 120 Å². The maximum atomic E-state index is 11.2. The number of carbonyl (C=O) groups is 2. The standard InChI is InChI=1S/C16H8N2O3/c17-9-15(19)11-1-5-13(6-2-11)21-14-7-3-12(4-8-14)16(20)10-18/h1-8H. The number of ketones is 2. The first-order chi connectivity index (χ1) is 10.1. The number of benzene rings is 2. The Bertz CT molecular complexity index is 696. The third kappa shape index (κ3) is 3.31. The molecule has 5 nitrogen and oxygen atoms in total. The molecule has 100 valence electrons. The molecule has 0 unspecified atom stereocenters. The smallest absolute Gasteiger partial charge is 0.262 e. The molecule has 0 saturated carbocycles. The van der Waals surface area contributed by atoms with Crippen LogP contribution < -0.4 is 4.74 Å². The number of nitriles is 2. The zero-order valence-electron chi connectivity index (χ0n) is 10.7. The first kappa shape index (κ1) is 14.0. The van der Waals surface area contributed by atoms with E-state index in [-0.39, 0.29) is 0 Å². The monoisotopic (exact) mass is 276 g/mol. The van der Waals surface area contributed by atoms with Gasteiger partial charge >= 0.3 is 0 Å². The largest absolute Gasteiger partial charge is 0.457 e. The summed E-state index contributed by atoms with van der Waals surface area (Å²) in [5.74, 6) is -0.241. The zero-order valence-corrected chi connectivity index (χ0v) is 10.7. The van der Waals surface area contributed by atoms with Crippen LogP contribution in [-0.2, 0) is 0 Å². The van der Waals surface area contributed by atoms with Gasteiger partial charge in [-0.3, -0.25) is 9.59 Å². The summed E-state index contributed by atoms with van der Waals surface area (Å²) >= 11 is 0. The van der Waals surface area contributed by atoms with E-state index in [2.05, 4.69) is 0 Å². The SMILES string of the molecule is N#CC(=O)c1ccc(Oc2ccc(C(=O)C#N)cc2)cc1. The van der Waals surface area contributed by atoms with Crippen LogP contribution in [0.5, 0.6) is 11.5 Å². The predicted molar refractivity (Wildman–Crippen MR) is 72.8 cm³/mol. The van der Waals surface area contributed by atoms with E-state index in [0.29, 0.717) is 22.6 Å². The van der Waals surface area contributed by atoms with Crippen LogP contribution in [0.4, 0.5) is 0 Å². The van der Waals surface area contributed by atoms with E-state index in [0.717, 1.165) is 0 Å². The summed E-state index contributed by atoms with van der Waals surface area (Å²) in [5, 5.41) is 17.0. The lowest BCUT2D eigenvalue weighted by Crippen LogP contribution is -1.95. The fraction of sp³-hybridized carbons (Fsp3) is 0. The van der Waals surface area contributed by atoms with Crippen molar-refractivity contribution in [2.45, 2.75) is 0 Å². The van der Waals surface area contributed by atoms with Crippen molar-refractivity contribution in [2.24, 2.45) is 0 Å². The van der Waals surface area contributed by atoms with Crippen LogP contribution in [0.1, 0.15) is 20.7 Å². The Morgan fingerprint density at radius 1 is 0.714 bits per heavy atom. The third-order valence-corrected chi connectivity index (χ3v) is 2.67. The number of ether oxygens (including phenoxy) is 1. The molecule has 0 aliphatic rings. The summed E-state index contributed by atoms with van der Waals surface area (Å²) in [6, 6.07) is 15.3. The van der Waals surface area contributed by atoms with Gasteiger partial charge in [0.1, 0.15) is 23.6 Å². The first-order valence-electron chi connectivity index (χ1n) is 5.91. The number of hydrogen-bond acceptors (Lipinski definition) is 5. The normalized spacial score (nSPS) is 9.24. The van der Waals surface area contributed by atoms with Gasteiger partial charge in [0.15, 0.2) is 0 Å². The highest BCUT2D eigenvalue weighted by Crippen LogP contribution is 2.22. The van der Waals surface area contributed by atoms with E-state index >= 15 is 0 Å². The average molecular weight is 276 g/mol.